The third kappa shape index (κ3) is 3.94. The number of benzene rings is 2. The molecular weight excluding hydrogens is 346 g/mol. The minimum Gasteiger partial charge on any atom is -0.490 e. The second-order valence-corrected chi connectivity index (χ2v) is 5.87. The van der Waals surface area contributed by atoms with Crippen LogP contribution < -0.4 is 23.8 Å². The highest BCUT2D eigenvalue weighted by molar-refractivity contribution is 6.07. The standard InChI is InChI=1S/C21H25NO5/c1-4-24-18-13-15(14-19(25-5-2)20(18)26-6-3)21(23)22-11-12-27-17-10-8-7-9-16(17)22/h7-10,13-14H,4-6,11-12H2,1-3H3. The topological polar surface area (TPSA) is 57.2 Å². The number of amides is 1. The van der Waals surface area contributed by atoms with Crippen molar-refractivity contribution in [1.29, 1.82) is 0 Å². The number of anilines is 1. The molecule has 0 saturated heterocycles. The third-order valence-electron chi connectivity index (χ3n) is 4.13. The molecule has 3 rings (SSSR count). The van der Waals surface area contributed by atoms with Gasteiger partial charge in [-0.05, 0) is 45.0 Å². The van der Waals surface area contributed by atoms with Gasteiger partial charge in [0.05, 0.1) is 32.1 Å². The fraction of sp³-hybridized carbons (Fsp3) is 0.381. The average Bonchev–Trinajstić information content (AvgIpc) is 2.69. The first kappa shape index (κ1) is 18.9. The van der Waals surface area contributed by atoms with Crippen LogP contribution in [0.15, 0.2) is 36.4 Å². The molecule has 1 aliphatic rings. The molecular formula is C21H25NO5. The molecule has 0 radical (unpaired) electrons. The largest absolute Gasteiger partial charge is 0.490 e. The molecule has 144 valence electrons. The Hall–Kier alpha value is -2.89. The van der Waals surface area contributed by atoms with E-state index in [1.165, 1.54) is 0 Å². The van der Waals surface area contributed by atoms with E-state index in [0.717, 1.165) is 5.69 Å². The molecule has 0 N–H and O–H groups in total. The van der Waals surface area contributed by atoms with Crippen molar-refractivity contribution < 1.29 is 23.7 Å². The summed E-state index contributed by atoms with van der Waals surface area (Å²) in [5.74, 6) is 2.12. The van der Waals surface area contributed by atoms with E-state index in [-0.39, 0.29) is 5.91 Å². The zero-order valence-corrected chi connectivity index (χ0v) is 16.0. The monoisotopic (exact) mass is 371 g/mol. The van der Waals surface area contributed by atoms with Gasteiger partial charge in [-0.2, -0.15) is 0 Å². The number of carbonyl (C=O) groups excluding carboxylic acids is 1. The summed E-state index contributed by atoms with van der Waals surface area (Å²) in [6, 6.07) is 11.0. The van der Waals surface area contributed by atoms with Gasteiger partial charge in [-0.25, -0.2) is 0 Å². The molecule has 2 aromatic carbocycles. The molecule has 2 aromatic rings. The van der Waals surface area contributed by atoms with Crippen LogP contribution in [0.5, 0.6) is 23.0 Å². The average molecular weight is 371 g/mol. The number of hydrogen-bond donors (Lipinski definition) is 0. The fourth-order valence-electron chi connectivity index (χ4n) is 3.05. The Kier molecular flexibility index (Phi) is 6.06. The molecule has 1 heterocycles. The molecule has 0 aliphatic carbocycles. The first-order valence-corrected chi connectivity index (χ1v) is 9.29. The Bertz CT molecular complexity index is 778. The lowest BCUT2D eigenvalue weighted by Crippen LogP contribution is -2.37. The minimum absolute atomic E-state index is 0.129. The van der Waals surface area contributed by atoms with Gasteiger partial charge in [-0.15, -0.1) is 0 Å². The van der Waals surface area contributed by atoms with Crippen LogP contribution in [0.3, 0.4) is 0 Å². The summed E-state index contributed by atoms with van der Waals surface area (Å²) in [5.41, 5.74) is 1.25. The Labute approximate surface area is 159 Å². The lowest BCUT2D eigenvalue weighted by molar-refractivity contribution is 0.0975. The number of ether oxygens (including phenoxy) is 4. The maximum absolute atomic E-state index is 13.3. The normalized spacial score (nSPS) is 12.8. The molecule has 0 bridgehead atoms. The van der Waals surface area contributed by atoms with Crippen LogP contribution in [0.2, 0.25) is 0 Å². The van der Waals surface area contributed by atoms with Crippen LogP contribution in [0.25, 0.3) is 0 Å². The molecule has 6 heteroatoms. The van der Waals surface area contributed by atoms with Gasteiger partial charge in [0, 0.05) is 5.56 Å². The van der Waals surface area contributed by atoms with Crippen LogP contribution in [0, 0.1) is 0 Å². The molecule has 27 heavy (non-hydrogen) atoms. The van der Waals surface area contributed by atoms with E-state index in [1.54, 1.807) is 17.0 Å². The van der Waals surface area contributed by atoms with Crippen LogP contribution in [0.1, 0.15) is 31.1 Å². The van der Waals surface area contributed by atoms with Gasteiger partial charge in [0.2, 0.25) is 5.75 Å². The number of hydrogen-bond acceptors (Lipinski definition) is 5. The minimum atomic E-state index is -0.129. The maximum atomic E-state index is 13.3. The first-order chi connectivity index (χ1) is 13.2. The molecule has 0 fully saturated rings. The number of para-hydroxylation sites is 2. The lowest BCUT2D eigenvalue weighted by Gasteiger charge is -2.29. The quantitative estimate of drug-likeness (QED) is 0.738. The van der Waals surface area contributed by atoms with Gasteiger partial charge in [0.15, 0.2) is 11.5 Å². The Morgan fingerprint density at radius 1 is 1.00 bits per heavy atom. The van der Waals surface area contributed by atoms with E-state index in [0.29, 0.717) is 61.5 Å². The number of nitrogens with zero attached hydrogens (tertiary/aromatic N) is 1. The van der Waals surface area contributed by atoms with Crippen molar-refractivity contribution in [3.63, 3.8) is 0 Å². The number of rotatable bonds is 7. The van der Waals surface area contributed by atoms with E-state index in [2.05, 4.69) is 0 Å². The van der Waals surface area contributed by atoms with Gasteiger partial charge >= 0.3 is 0 Å². The van der Waals surface area contributed by atoms with Gasteiger partial charge in [0.1, 0.15) is 12.4 Å². The summed E-state index contributed by atoms with van der Waals surface area (Å²) in [6.45, 7) is 8.02. The number of fused-ring (bicyclic) bond motifs is 1. The molecule has 0 spiro atoms. The van der Waals surface area contributed by atoms with E-state index >= 15 is 0 Å². The Morgan fingerprint density at radius 3 is 2.26 bits per heavy atom. The zero-order valence-electron chi connectivity index (χ0n) is 16.0. The van der Waals surface area contributed by atoms with E-state index in [9.17, 15) is 4.79 Å². The Morgan fingerprint density at radius 2 is 1.63 bits per heavy atom. The molecule has 0 unspecified atom stereocenters. The van der Waals surface area contributed by atoms with Crippen molar-refractivity contribution >= 4 is 11.6 Å². The van der Waals surface area contributed by atoms with Crippen LogP contribution in [-0.2, 0) is 0 Å². The van der Waals surface area contributed by atoms with E-state index < -0.39 is 0 Å². The van der Waals surface area contributed by atoms with Crippen molar-refractivity contribution in [3.05, 3.63) is 42.0 Å². The van der Waals surface area contributed by atoms with Crippen LogP contribution in [0.4, 0.5) is 5.69 Å². The number of carbonyl (C=O) groups is 1. The molecule has 0 saturated carbocycles. The highest BCUT2D eigenvalue weighted by atomic mass is 16.5. The van der Waals surface area contributed by atoms with Crippen molar-refractivity contribution in [2.75, 3.05) is 37.9 Å². The highest BCUT2D eigenvalue weighted by Gasteiger charge is 2.26. The lowest BCUT2D eigenvalue weighted by atomic mass is 10.1. The zero-order chi connectivity index (χ0) is 19.2. The predicted molar refractivity (Wildman–Crippen MR) is 104 cm³/mol. The molecule has 0 aromatic heterocycles. The van der Waals surface area contributed by atoms with E-state index in [1.807, 2.05) is 45.0 Å². The molecule has 6 nitrogen and oxygen atoms in total. The SMILES string of the molecule is CCOc1cc(C(=O)N2CCOc3ccccc32)cc(OCC)c1OCC. The second-order valence-electron chi connectivity index (χ2n) is 5.87. The fourth-order valence-corrected chi connectivity index (χ4v) is 3.05. The maximum Gasteiger partial charge on any atom is 0.258 e. The van der Waals surface area contributed by atoms with Gasteiger partial charge in [0.25, 0.3) is 5.91 Å². The molecule has 0 atom stereocenters. The van der Waals surface area contributed by atoms with Crippen LogP contribution in [-0.4, -0.2) is 38.9 Å². The smallest absolute Gasteiger partial charge is 0.258 e. The van der Waals surface area contributed by atoms with Gasteiger partial charge in [-0.1, -0.05) is 12.1 Å². The summed E-state index contributed by atoms with van der Waals surface area (Å²) >= 11 is 0. The summed E-state index contributed by atoms with van der Waals surface area (Å²) in [6.07, 6.45) is 0. The van der Waals surface area contributed by atoms with Crippen molar-refractivity contribution in [1.82, 2.24) is 0 Å². The van der Waals surface area contributed by atoms with E-state index in [4.69, 9.17) is 18.9 Å². The summed E-state index contributed by atoms with van der Waals surface area (Å²) < 4.78 is 22.8. The van der Waals surface area contributed by atoms with Crippen molar-refractivity contribution in [3.8, 4) is 23.0 Å². The Balaban J connectivity index is 2.02. The van der Waals surface area contributed by atoms with Gasteiger partial charge in [-0.3, -0.25) is 4.79 Å². The predicted octanol–water partition coefficient (Wildman–Crippen LogP) is 3.92. The van der Waals surface area contributed by atoms with Crippen molar-refractivity contribution in [2.24, 2.45) is 0 Å². The summed E-state index contributed by atoms with van der Waals surface area (Å²) in [7, 11) is 0. The third-order valence-corrected chi connectivity index (χ3v) is 4.13. The van der Waals surface area contributed by atoms with Crippen LogP contribution >= 0.6 is 0 Å². The highest BCUT2D eigenvalue weighted by Crippen LogP contribution is 2.40. The second kappa shape index (κ2) is 8.66. The first-order valence-electron chi connectivity index (χ1n) is 9.29. The van der Waals surface area contributed by atoms with Gasteiger partial charge < -0.3 is 23.8 Å². The molecule has 1 aliphatic heterocycles. The summed E-state index contributed by atoms with van der Waals surface area (Å²) in [5, 5.41) is 0. The van der Waals surface area contributed by atoms with Crippen molar-refractivity contribution in [2.45, 2.75) is 20.8 Å². The summed E-state index contributed by atoms with van der Waals surface area (Å²) in [4.78, 5) is 15.0. The molecule has 1 amide bonds.